The van der Waals surface area contributed by atoms with E-state index in [1.807, 2.05) is 0 Å². The number of nitrogens with one attached hydrogen (secondary N) is 2. The average Bonchev–Trinajstić information content (AvgIpc) is 2.77. The van der Waals surface area contributed by atoms with Crippen LogP contribution in [0.4, 0.5) is 4.39 Å². The molecule has 3 aromatic rings. The summed E-state index contributed by atoms with van der Waals surface area (Å²) in [6, 6.07) is 7.17. The third-order valence-corrected chi connectivity index (χ3v) is 4.94. The van der Waals surface area contributed by atoms with E-state index in [1.165, 1.54) is 12.1 Å². The first-order chi connectivity index (χ1) is 14.6. The number of fused-ring (bicyclic) bond motifs is 1. The number of aromatic amines is 1. The summed E-state index contributed by atoms with van der Waals surface area (Å²) in [5, 5.41) is 2.80. The molecule has 0 bridgehead atoms. The van der Waals surface area contributed by atoms with Gasteiger partial charge in [0.05, 0.1) is 17.5 Å². The normalized spacial score (nSPS) is 14.6. The molecule has 156 valence electrons. The van der Waals surface area contributed by atoms with Crippen LogP contribution in [0, 0.1) is 11.7 Å². The van der Waals surface area contributed by atoms with Crippen LogP contribution >= 0.6 is 0 Å². The van der Waals surface area contributed by atoms with Crippen LogP contribution in [-0.4, -0.2) is 40.7 Å². The largest absolute Gasteiger partial charge is 0.477 e. The smallest absolute Gasteiger partial charge is 0.287 e. The first-order valence-electron chi connectivity index (χ1n) is 9.72. The lowest BCUT2D eigenvalue weighted by Gasteiger charge is -2.21. The zero-order valence-electron chi connectivity index (χ0n) is 16.2. The maximum atomic E-state index is 13.3. The van der Waals surface area contributed by atoms with Gasteiger partial charge in [-0.3, -0.25) is 9.59 Å². The average molecular weight is 412 g/mol. The highest BCUT2D eigenvalue weighted by Crippen LogP contribution is 2.17. The first kappa shape index (κ1) is 20.0. The van der Waals surface area contributed by atoms with Gasteiger partial charge in [-0.25, -0.2) is 14.4 Å². The molecule has 2 N–H and O–H groups in total. The quantitative estimate of drug-likeness (QED) is 0.643. The van der Waals surface area contributed by atoms with Crippen LogP contribution in [0.15, 0.2) is 41.3 Å². The van der Waals surface area contributed by atoms with Crippen LogP contribution in [0.3, 0.4) is 0 Å². The van der Waals surface area contributed by atoms with Crippen LogP contribution in [-0.2, 0) is 11.3 Å². The highest BCUT2D eigenvalue weighted by Gasteiger charge is 2.15. The van der Waals surface area contributed by atoms with Gasteiger partial charge in [0, 0.05) is 32.0 Å². The van der Waals surface area contributed by atoms with E-state index in [2.05, 4.69) is 20.3 Å². The predicted octanol–water partition coefficient (Wildman–Crippen LogP) is 2.19. The number of benzene rings is 1. The summed E-state index contributed by atoms with van der Waals surface area (Å²) in [7, 11) is 0. The Balaban J connectivity index is 1.38. The number of ether oxygens (including phenoxy) is 2. The molecule has 4 rings (SSSR count). The van der Waals surface area contributed by atoms with E-state index in [1.54, 1.807) is 18.3 Å². The van der Waals surface area contributed by atoms with E-state index < -0.39 is 17.3 Å². The second-order valence-electron chi connectivity index (χ2n) is 7.13. The fraction of sp³-hybridized carbons (Fsp3) is 0.333. The van der Waals surface area contributed by atoms with Crippen molar-refractivity contribution in [3.63, 3.8) is 0 Å². The van der Waals surface area contributed by atoms with Crippen molar-refractivity contribution in [1.82, 2.24) is 20.3 Å². The number of aromatic nitrogens is 3. The lowest BCUT2D eigenvalue weighted by Crippen LogP contribution is -2.27. The molecule has 1 amide bonds. The van der Waals surface area contributed by atoms with Crippen LogP contribution in [0.25, 0.3) is 10.9 Å². The van der Waals surface area contributed by atoms with E-state index in [-0.39, 0.29) is 23.3 Å². The summed E-state index contributed by atoms with van der Waals surface area (Å²) < 4.78 is 24.4. The highest BCUT2D eigenvalue weighted by molar-refractivity contribution is 5.92. The van der Waals surface area contributed by atoms with E-state index >= 15 is 0 Å². The van der Waals surface area contributed by atoms with Gasteiger partial charge in [0.25, 0.3) is 11.5 Å². The second kappa shape index (κ2) is 9.00. The summed E-state index contributed by atoms with van der Waals surface area (Å²) >= 11 is 0. The minimum Gasteiger partial charge on any atom is -0.477 e. The molecule has 1 saturated heterocycles. The van der Waals surface area contributed by atoms with Gasteiger partial charge in [-0.15, -0.1) is 0 Å². The minimum absolute atomic E-state index is 0.0898. The molecule has 0 saturated carbocycles. The first-order valence-corrected chi connectivity index (χ1v) is 9.72. The standard InChI is InChI=1S/C21H21FN4O4/c22-15-1-2-17-16(10-15)20(27)26-19(25-17)21(28)24-11-14-3-6-23-18(9-14)30-12-13-4-7-29-8-5-13/h1-3,6,9-10,13H,4-5,7-8,11-12H2,(H,24,28)(H,25,26,27). The number of carbonyl (C=O) groups excluding carboxylic acids is 1. The molecule has 2 aromatic heterocycles. The maximum absolute atomic E-state index is 13.3. The third-order valence-electron chi connectivity index (χ3n) is 4.94. The van der Waals surface area contributed by atoms with Crippen molar-refractivity contribution in [2.75, 3.05) is 19.8 Å². The van der Waals surface area contributed by atoms with E-state index in [0.717, 1.165) is 37.7 Å². The van der Waals surface area contributed by atoms with Gasteiger partial charge in [-0.2, -0.15) is 0 Å². The Kier molecular flexibility index (Phi) is 5.99. The molecule has 8 nitrogen and oxygen atoms in total. The number of amides is 1. The van der Waals surface area contributed by atoms with E-state index in [4.69, 9.17) is 9.47 Å². The van der Waals surface area contributed by atoms with Gasteiger partial charge in [-0.05, 0) is 48.6 Å². The van der Waals surface area contributed by atoms with Gasteiger partial charge >= 0.3 is 0 Å². The summed E-state index contributed by atoms with van der Waals surface area (Å²) in [4.78, 5) is 35.2. The Morgan fingerprint density at radius 1 is 1.27 bits per heavy atom. The van der Waals surface area contributed by atoms with Crippen molar-refractivity contribution in [3.8, 4) is 5.88 Å². The molecule has 1 aliphatic heterocycles. The topological polar surface area (TPSA) is 106 Å². The Labute approximate surface area is 171 Å². The van der Waals surface area contributed by atoms with Crippen LogP contribution in [0.5, 0.6) is 5.88 Å². The Morgan fingerprint density at radius 3 is 2.93 bits per heavy atom. The maximum Gasteiger partial charge on any atom is 0.287 e. The van der Waals surface area contributed by atoms with Crippen LogP contribution in [0.1, 0.15) is 29.0 Å². The van der Waals surface area contributed by atoms with Crippen LogP contribution in [0.2, 0.25) is 0 Å². The van der Waals surface area contributed by atoms with Gasteiger partial charge in [-0.1, -0.05) is 0 Å². The molecule has 1 aromatic carbocycles. The van der Waals surface area contributed by atoms with E-state index in [9.17, 15) is 14.0 Å². The number of hydrogen-bond donors (Lipinski definition) is 2. The lowest BCUT2D eigenvalue weighted by atomic mass is 10.0. The molecular formula is C21H21FN4O4. The zero-order chi connectivity index (χ0) is 20.9. The number of hydrogen-bond acceptors (Lipinski definition) is 6. The van der Waals surface area contributed by atoms with Gasteiger partial charge < -0.3 is 19.8 Å². The summed E-state index contributed by atoms with van der Waals surface area (Å²) in [6.45, 7) is 2.30. The van der Waals surface area contributed by atoms with Crippen LogP contribution < -0.4 is 15.6 Å². The van der Waals surface area contributed by atoms with Crippen molar-refractivity contribution in [2.24, 2.45) is 5.92 Å². The molecule has 1 fully saturated rings. The van der Waals surface area contributed by atoms with Crippen molar-refractivity contribution >= 4 is 16.8 Å². The van der Waals surface area contributed by atoms with Crippen molar-refractivity contribution in [1.29, 1.82) is 0 Å². The molecule has 9 heteroatoms. The molecular weight excluding hydrogens is 391 g/mol. The molecule has 1 aliphatic rings. The Hall–Kier alpha value is -3.33. The van der Waals surface area contributed by atoms with Gasteiger partial charge in [0.2, 0.25) is 5.88 Å². The van der Waals surface area contributed by atoms with E-state index in [0.29, 0.717) is 18.4 Å². The Bertz CT molecular complexity index is 1110. The number of H-pyrrole nitrogens is 1. The number of carbonyl (C=O) groups is 1. The molecule has 0 atom stereocenters. The molecule has 0 aliphatic carbocycles. The molecule has 0 spiro atoms. The summed E-state index contributed by atoms with van der Waals surface area (Å²) in [5.41, 5.74) is 0.473. The monoisotopic (exact) mass is 412 g/mol. The van der Waals surface area contributed by atoms with Crippen molar-refractivity contribution in [2.45, 2.75) is 19.4 Å². The number of pyridine rings is 1. The molecule has 0 radical (unpaired) electrons. The summed E-state index contributed by atoms with van der Waals surface area (Å²) in [5.74, 6) is -0.274. The van der Waals surface area contributed by atoms with Crippen molar-refractivity contribution in [3.05, 3.63) is 64.1 Å². The zero-order valence-corrected chi connectivity index (χ0v) is 16.2. The lowest BCUT2D eigenvalue weighted by molar-refractivity contribution is 0.0490. The SMILES string of the molecule is O=C(NCc1ccnc(OCC2CCOCC2)c1)c1nc2ccc(F)cc2c(=O)[nH]1. The molecule has 0 unspecified atom stereocenters. The predicted molar refractivity (Wildman–Crippen MR) is 107 cm³/mol. The molecule has 3 heterocycles. The Morgan fingerprint density at radius 2 is 2.10 bits per heavy atom. The van der Waals surface area contributed by atoms with Crippen molar-refractivity contribution < 1.29 is 18.7 Å². The molecule has 30 heavy (non-hydrogen) atoms. The van der Waals surface area contributed by atoms with Gasteiger partial charge in [0.15, 0.2) is 5.82 Å². The third kappa shape index (κ3) is 4.80. The highest BCUT2D eigenvalue weighted by atomic mass is 19.1. The minimum atomic E-state index is -0.572. The fourth-order valence-electron chi connectivity index (χ4n) is 3.24. The number of rotatable bonds is 6. The number of halogens is 1. The van der Waals surface area contributed by atoms with Gasteiger partial charge in [0.1, 0.15) is 5.82 Å². The second-order valence-corrected chi connectivity index (χ2v) is 7.13. The number of nitrogens with zero attached hydrogens (tertiary/aromatic N) is 2. The fourth-order valence-corrected chi connectivity index (χ4v) is 3.24. The summed E-state index contributed by atoms with van der Waals surface area (Å²) in [6.07, 6.45) is 3.56.